The summed E-state index contributed by atoms with van der Waals surface area (Å²) in [5.41, 5.74) is 5.28. The molecule has 4 aliphatic heterocycles. The van der Waals surface area contributed by atoms with Crippen LogP contribution in [0.25, 0.3) is 0 Å². The summed E-state index contributed by atoms with van der Waals surface area (Å²) in [5.74, 6) is 3.63. The molecule has 538 valence electrons. The van der Waals surface area contributed by atoms with E-state index in [0.717, 1.165) is 120 Å². The van der Waals surface area contributed by atoms with E-state index in [9.17, 15) is 20.4 Å². The van der Waals surface area contributed by atoms with Crippen molar-refractivity contribution >= 4 is 0 Å². The first kappa shape index (κ1) is 95.9. The maximum atomic E-state index is 12.5. The smallest absolute Gasteiger partial charge is 0.872 e. The van der Waals surface area contributed by atoms with E-state index in [1.807, 2.05) is 48.5 Å². The molecule has 0 aromatic heterocycles. The Bertz CT molecular complexity index is 2110. The van der Waals surface area contributed by atoms with E-state index in [0.29, 0.717) is 0 Å². The molecule has 4 heterocycles. The third kappa shape index (κ3) is 34.7. The summed E-state index contributed by atoms with van der Waals surface area (Å²) in [6.45, 7) is 57.2. The molecule has 0 amide bonds. The Morgan fingerprint density at radius 2 is 0.337 bits per heavy atom. The second kappa shape index (κ2) is 43.0. The second-order valence-corrected chi connectivity index (χ2v) is 31.5. The fourth-order valence-electron chi connectivity index (χ4n) is 9.38. The van der Waals surface area contributed by atoms with Crippen molar-refractivity contribution in [1.29, 1.82) is 0 Å². The van der Waals surface area contributed by atoms with Gasteiger partial charge in [-0.25, -0.2) is 0 Å². The van der Waals surface area contributed by atoms with Gasteiger partial charge in [-0.05, 0) is 188 Å². The molecule has 0 bridgehead atoms. The van der Waals surface area contributed by atoms with Crippen LogP contribution in [0.4, 0.5) is 0 Å². The van der Waals surface area contributed by atoms with E-state index in [1.165, 1.54) is 51.4 Å². The Kier molecular flexibility index (Phi) is 44.9. The molecule has 4 fully saturated rings. The molecule has 4 aromatic carbocycles. The van der Waals surface area contributed by atoms with Gasteiger partial charge in [0, 0.05) is 52.9 Å². The van der Waals surface area contributed by atoms with Crippen molar-refractivity contribution in [1.82, 2.24) is 0 Å². The number of benzene rings is 4. The van der Waals surface area contributed by atoms with Gasteiger partial charge in [0.05, 0.1) is 28.4 Å². The summed E-state index contributed by atoms with van der Waals surface area (Å²) < 4.78 is 41.0. The number of hydrogen-bond acceptors (Lipinski definition) is 14. The van der Waals surface area contributed by atoms with Crippen LogP contribution in [0, 0.1) is 74.6 Å². The van der Waals surface area contributed by atoms with Gasteiger partial charge in [0.1, 0.15) is 23.0 Å². The van der Waals surface area contributed by atoms with Gasteiger partial charge in [-0.15, -0.1) is 23.0 Å². The van der Waals surface area contributed by atoms with Gasteiger partial charge in [-0.1, -0.05) is 166 Å². The molecule has 2 N–H and O–H groups in total. The Balaban J connectivity index is -0.000000500. The minimum Gasteiger partial charge on any atom is -0.872 e. The zero-order valence-corrected chi connectivity index (χ0v) is 66.0. The van der Waals surface area contributed by atoms with E-state index >= 15 is 0 Å². The maximum Gasteiger partial charge on any atom is 3.00 e. The molecule has 2 radical (unpaired) electrons. The summed E-state index contributed by atoms with van der Waals surface area (Å²) in [4.78, 5) is 0. The molecule has 4 aromatic rings. The van der Waals surface area contributed by atoms with Crippen molar-refractivity contribution in [2.24, 2.45) is 0 Å². The van der Waals surface area contributed by atoms with Gasteiger partial charge in [-0.3, -0.25) is 0 Å². The number of rotatable bonds is 4. The fourth-order valence-corrected chi connectivity index (χ4v) is 9.38. The molecule has 92 heavy (non-hydrogen) atoms. The predicted octanol–water partition coefficient (Wildman–Crippen LogP) is 16.3. The monoisotopic (exact) mass is 1590 g/mol. The zero-order chi connectivity index (χ0) is 67.9. The van der Waals surface area contributed by atoms with Crippen molar-refractivity contribution in [3.63, 3.8) is 0 Å². The predicted molar refractivity (Wildman–Crippen MR) is 363 cm³/mol. The average molecular weight is 1600 g/mol. The molecule has 0 atom stereocenters. The third-order valence-corrected chi connectivity index (χ3v) is 15.0. The minimum absolute atomic E-state index is 0. The fraction of sp³-hybridized carbons (Fsp3) is 0.684. The standard InChI is InChI=1S/4C15H24O2.4C4H8O.2Er.2H2O/c4*1-14(2,3)11-8-10(17-7)9-12(13(11)16)15(4,5)6;4*1-2-4-5-3-1;;;;/h4*8-9,16H,1-7H3;4*1-4H2;;;2*1H2/q;;;;;;;;2*+3;;/p-6. The molecule has 8 rings (SSSR count). The summed E-state index contributed by atoms with van der Waals surface area (Å²) in [7, 11) is 6.55. The number of hydrogen-bond donors (Lipinski definition) is 0. The Hall–Kier alpha value is -2.47. The maximum absolute atomic E-state index is 12.5. The van der Waals surface area contributed by atoms with Crippen LogP contribution in [0.5, 0.6) is 46.0 Å². The quantitative estimate of drug-likeness (QED) is 0.185. The molecule has 0 aliphatic carbocycles. The first-order valence-corrected chi connectivity index (χ1v) is 32.2. The number of methoxy groups -OCH3 is 4. The summed E-state index contributed by atoms with van der Waals surface area (Å²) in [6, 6.07) is 14.9. The molecule has 0 spiro atoms. The van der Waals surface area contributed by atoms with Crippen LogP contribution in [-0.4, -0.2) is 92.2 Å². The van der Waals surface area contributed by atoms with Gasteiger partial charge in [0.15, 0.2) is 0 Å². The van der Waals surface area contributed by atoms with Crippen LogP contribution in [0.15, 0.2) is 48.5 Å². The molecule has 4 saturated heterocycles. The molecular weight excluding hydrogens is 1470 g/mol. The van der Waals surface area contributed by atoms with Crippen molar-refractivity contribution in [2.45, 2.75) is 261 Å². The van der Waals surface area contributed by atoms with Crippen LogP contribution in [0.2, 0.25) is 0 Å². The van der Waals surface area contributed by atoms with E-state index in [2.05, 4.69) is 166 Å². The van der Waals surface area contributed by atoms with Crippen LogP contribution in [-0.2, 0) is 62.3 Å². The third-order valence-electron chi connectivity index (χ3n) is 15.0. The van der Waals surface area contributed by atoms with Gasteiger partial charge in [0.2, 0.25) is 0 Å². The topological polar surface area (TPSA) is 226 Å². The van der Waals surface area contributed by atoms with Gasteiger partial charge in [0.25, 0.3) is 0 Å². The first-order valence-electron chi connectivity index (χ1n) is 32.2. The van der Waals surface area contributed by atoms with Crippen molar-refractivity contribution in [3.8, 4) is 46.0 Å². The second-order valence-electron chi connectivity index (χ2n) is 31.5. The van der Waals surface area contributed by atoms with E-state index < -0.39 is 0 Å². The largest absolute Gasteiger partial charge is 3.00 e. The minimum atomic E-state index is -0.161. The SMILES string of the molecule is C1CCOC1.C1CCOC1.C1CCOC1.C1CCOC1.COc1cc(C(C)(C)C)c([O-])c(C(C)(C)C)c1.COc1cc(C(C)(C)C)c([O-])c(C(C)(C)C)c1.COc1cc(C(C)(C)C)c([O-])c(C(C)(C)C)c1.COc1cc(C(C)(C)C)c([O-])c(C(C)(C)C)c1.[Er+3].[Er+3].[OH-].[OH-]. The van der Waals surface area contributed by atoms with E-state index in [-0.39, 0.29) is 152 Å². The average Bonchev–Trinajstić information content (AvgIpc) is 0.901. The van der Waals surface area contributed by atoms with Crippen molar-refractivity contribution in [3.05, 3.63) is 93.0 Å². The molecule has 0 unspecified atom stereocenters. The van der Waals surface area contributed by atoms with E-state index in [4.69, 9.17) is 37.9 Å². The first-order chi connectivity index (χ1) is 40.3. The molecule has 16 heteroatoms. The Morgan fingerprint density at radius 1 is 0.239 bits per heavy atom. The van der Waals surface area contributed by atoms with Crippen LogP contribution in [0.1, 0.15) is 262 Å². The Labute approximate surface area is 619 Å². The van der Waals surface area contributed by atoms with Gasteiger partial charge in [-0.2, -0.15) is 0 Å². The Morgan fingerprint density at radius 3 is 0.391 bits per heavy atom. The molecular formula is C76H126Er2O14. The molecule has 0 saturated carbocycles. The van der Waals surface area contributed by atoms with Crippen LogP contribution >= 0.6 is 0 Å². The van der Waals surface area contributed by atoms with Gasteiger partial charge < -0.3 is 69.3 Å². The number of ether oxygens (including phenoxy) is 8. The van der Waals surface area contributed by atoms with Crippen molar-refractivity contribution < 1.29 is 144 Å². The molecule has 14 nitrogen and oxygen atoms in total. The van der Waals surface area contributed by atoms with Gasteiger partial charge >= 0.3 is 74.6 Å². The van der Waals surface area contributed by atoms with E-state index in [1.54, 1.807) is 28.4 Å². The van der Waals surface area contributed by atoms with Crippen LogP contribution < -0.4 is 39.4 Å². The van der Waals surface area contributed by atoms with Crippen molar-refractivity contribution in [2.75, 3.05) is 81.3 Å². The summed E-state index contributed by atoms with van der Waals surface area (Å²) in [6.07, 6.45) is 10.2. The van der Waals surface area contributed by atoms with Crippen LogP contribution in [0.3, 0.4) is 0 Å². The summed E-state index contributed by atoms with van der Waals surface area (Å²) in [5, 5.41) is 49.9. The summed E-state index contributed by atoms with van der Waals surface area (Å²) >= 11 is 0. The normalized spacial score (nSPS) is 14.6. The zero-order valence-electron chi connectivity index (χ0n) is 62.3. The molecule has 4 aliphatic rings.